The number of benzene rings is 1. The molecule has 0 radical (unpaired) electrons. The Morgan fingerprint density at radius 1 is 1.16 bits per heavy atom. The zero-order chi connectivity index (χ0) is 21.8. The van der Waals surface area contributed by atoms with Crippen LogP contribution in [0.15, 0.2) is 41.2 Å². The highest BCUT2D eigenvalue weighted by atomic mass is 19.4. The number of H-pyrrole nitrogens is 1. The number of hydrazine groups is 2. The molecule has 1 aromatic heterocycles. The number of aliphatic imine (C=N–C) groups is 1. The van der Waals surface area contributed by atoms with Crippen LogP contribution in [0.25, 0.3) is 5.70 Å². The number of hydrogen-bond acceptors (Lipinski definition) is 5. The van der Waals surface area contributed by atoms with Gasteiger partial charge in [-0.2, -0.15) is 13.2 Å². The van der Waals surface area contributed by atoms with Crippen LogP contribution in [0, 0.1) is 11.7 Å². The summed E-state index contributed by atoms with van der Waals surface area (Å²) >= 11 is 0. The molecule has 0 amide bonds. The van der Waals surface area contributed by atoms with Crippen LogP contribution in [0.1, 0.15) is 29.5 Å². The topological polar surface area (TPSA) is 49.9 Å². The van der Waals surface area contributed by atoms with Crippen molar-refractivity contribution >= 4 is 17.9 Å². The Labute approximate surface area is 176 Å². The van der Waals surface area contributed by atoms with E-state index in [1.165, 1.54) is 6.07 Å². The summed E-state index contributed by atoms with van der Waals surface area (Å²) in [5.41, 5.74) is 5.97. The predicted molar refractivity (Wildman–Crippen MR) is 108 cm³/mol. The first-order valence-electron chi connectivity index (χ1n) is 10.1. The minimum absolute atomic E-state index is 0.298. The number of likely N-dealkylation sites (tertiary alicyclic amines) is 1. The second kappa shape index (κ2) is 7.38. The van der Waals surface area contributed by atoms with Gasteiger partial charge in [0.1, 0.15) is 18.0 Å². The molecule has 1 aromatic carbocycles. The average Bonchev–Trinajstić information content (AvgIpc) is 3.33. The number of nitrogens with one attached hydrogen (secondary N) is 2. The van der Waals surface area contributed by atoms with E-state index < -0.39 is 17.6 Å². The van der Waals surface area contributed by atoms with E-state index in [9.17, 15) is 17.6 Å². The fourth-order valence-electron chi connectivity index (χ4n) is 4.54. The zero-order valence-electron chi connectivity index (χ0n) is 16.9. The fraction of sp³-hybridized carbons (Fsp3) is 0.381. The monoisotopic (exact) mass is 434 g/mol. The van der Waals surface area contributed by atoms with Crippen molar-refractivity contribution in [3.8, 4) is 0 Å². The molecular formula is C21H22F4N6. The van der Waals surface area contributed by atoms with E-state index in [-0.39, 0.29) is 0 Å². The van der Waals surface area contributed by atoms with E-state index in [2.05, 4.69) is 20.3 Å². The number of fused-ring (bicyclic) bond motifs is 3. The Morgan fingerprint density at radius 2 is 1.94 bits per heavy atom. The van der Waals surface area contributed by atoms with Gasteiger partial charge in [0.25, 0.3) is 0 Å². The van der Waals surface area contributed by atoms with E-state index in [1.807, 2.05) is 29.4 Å². The standard InChI is InChI=1S/C21H22F4N6/c1-29-28-18(19-15-4-7-26-20(15)27-12-31(19)29)14-5-8-30(9-6-14)11-13-2-3-17(22)16(10-13)21(23,24)25/h2-4,7,10,12,14,26,28H,5-6,8-9,11H2,1H3. The van der Waals surface area contributed by atoms with Gasteiger partial charge < -0.3 is 10.4 Å². The van der Waals surface area contributed by atoms with Gasteiger partial charge in [-0.1, -0.05) is 6.07 Å². The number of aromatic amines is 1. The first kappa shape index (κ1) is 20.1. The summed E-state index contributed by atoms with van der Waals surface area (Å²) in [7, 11) is 1.93. The lowest BCUT2D eigenvalue weighted by atomic mass is 9.91. The van der Waals surface area contributed by atoms with Crippen LogP contribution in [0.4, 0.5) is 23.4 Å². The molecule has 1 saturated heterocycles. The van der Waals surface area contributed by atoms with E-state index in [0.29, 0.717) is 18.0 Å². The quantitative estimate of drug-likeness (QED) is 0.715. The summed E-state index contributed by atoms with van der Waals surface area (Å²) < 4.78 is 52.5. The maximum Gasteiger partial charge on any atom is 0.419 e. The number of alkyl halides is 3. The Bertz CT molecular complexity index is 1050. The summed E-state index contributed by atoms with van der Waals surface area (Å²) in [6, 6.07) is 5.27. The number of nitrogens with zero attached hydrogens (tertiary/aromatic N) is 4. The lowest BCUT2D eigenvalue weighted by Gasteiger charge is -2.33. The van der Waals surface area contributed by atoms with E-state index >= 15 is 0 Å². The van der Waals surface area contributed by atoms with Crippen LogP contribution < -0.4 is 5.43 Å². The second-order valence-electron chi connectivity index (χ2n) is 8.09. The number of allylic oxidation sites excluding steroid dienone is 1. The van der Waals surface area contributed by atoms with Gasteiger partial charge in [0, 0.05) is 31.3 Å². The van der Waals surface area contributed by atoms with Crippen LogP contribution in [0.3, 0.4) is 0 Å². The maximum atomic E-state index is 13.6. The molecule has 3 aliphatic rings. The molecule has 164 valence electrons. The van der Waals surface area contributed by atoms with Gasteiger partial charge >= 0.3 is 6.18 Å². The van der Waals surface area contributed by atoms with Gasteiger partial charge in [0.05, 0.1) is 17.0 Å². The first-order chi connectivity index (χ1) is 14.8. The molecule has 0 atom stereocenters. The summed E-state index contributed by atoms with van der Waals surface area (Å²) in [5.74, 6) is -0.105. The van der Waals surface area contributed by atoms with E-state index in [1.54, 1.807) is 6.34 Å². The third kappa shape index (κ3) is 3.59. The molecule has 2 N–H and O–H groups in total. The lowest BCUT2D eigenvalue weighted by molar-refractivity contribution is -0.140. The molecule has 0 saturated carbocycles. The number of piperidine rings is 1. The van der Waals surface area contributed by atoms with Crippen LogP contribution in [0.5, 0.6) is 0 Å². The van der Waals surface area contributed by atoms with E-state index in [0.717, 1.165) is 60.8 Å². The number of aromatic nitrogens is 1. The molecule has 0 unspecified atom stereocenters. The van der Waals surface area contributed by atoms with Crippen molar-refractivity contribution in [2.24, 2.45) is 10.9 Å². The second-order valence-corrected chi connectivity index (χ2v) is 8.09. The Balaban J connectivity index is 1.30. The average molecular weight is 434 g/mol. The van der Waals surface area contributed by atoms with Gasteiger partial charge in [0.15, 0.2) is 0 Å². The highest BCUT2D eigenvalue weighted by Gasteiger charge is 2.37. The molecule has 5 rings (SSSR count). The maximum absolute atomic E-state index is 13.6. The van der Waals surface area contributed by atoms with Crippen molar-refractivity contribution in [3.63, 3.8) is 0 Å². The van der Waals surface area contributed by atoms with Crippen molar-refractivity contribution in [3.05, 3.63) is 58.7 Å². The third-order valence-corrected chi connectivity index (χ3v) is 6.10. The molecule has 0 spiro atoms. The minimum Gasteiger partial charge on any atom is -0.346 e. The van der Waals surface area contributed by atoms with Gasteiger partial charge in [-0.25, -0.2) is 14.4 Å². The van der Waals surface area contributed by atoms with Gasteiger partial charge in [0.2, 0.25) is 0 Å². The molecule has 10 heteroatoms. The SMILES string of the molecule is CN1NC(C2CCN(Cc3ccc(F)c(C(F)(F)F)c3)CC2)=C2c3cc[nH]c3N=CN21. The van der Waals surface area contributed by atoms with Crippen molar-refractivity contribution < 1.29 is 17.6 Å². The van der Waals surface area contributed by atoms with Crippen LogP contribution >= 0.6 is 0 Å². The van der Waals surface area contributed by atoms with Crippen LogP contribution in [-0.2, 0) is 12.7 Å². The number of hydrogen-bond donors (Lipinski definition) is 2. The first-order valence-corrected chi connectivity index (χ1v) is 10.1. The highest BCUT2D eigenvalue weighted by molar-refractivity contribution is 5.87. The Kier molecular flexibility index (Phi) is 4.78. The zero-order valence-corrected chi connectivity index (χ0v) is 16.9. The summed E-state index contributed by atoms with van der Waals surface area (Å²) in [6.07, 6.45) is 0.702. The molecule has 6 nitrogen and oxygen atoms in total. The van der Waals surface area contributed by atoms with Gasteiger partial charge in [-0.05, 0) is 49.7 Å². The molecular weight excluding hydrogens is 412 g/mol. The summed E-state index contributed by atoms with van der Waals surface area (Å²) in [5, 5.41) is 3.88. The molecule has 3 aliphatic heterocycles. The Hall–Kier alpha value is -2.85. The van der Waals surface area contributed by atoms with Crippen molar-refractivity contribution in [1.29, 1.82) is 0 Å². The summed E-state index contributed by atoms with van der Waals surface area (Å²) in [6.45, 7) is 1.87. The minimum atomic E-state index is -4.69. The third-order valence-electron chi connectivity index (χ3n) is 6.10. The fourth-order valence-corrected chi connectivity index (χ4v) is 4.54. The van der Waals surface area contributed by atoms with Gasteiger partial charge in [-0.3, -0.25) is 4.90 Å². The molecule has 1 fully saturated rings. The highest BCUT2D eigenvalue weighted by Crippen LogP contribution is 2.40. The van der Waals surface area contributed by atoms with Gasteiger partial charge in [-0.15, -0.1) is 5.12 Å². The molecule has 0 bridgehead atoms. The van der Waals surface area contributed by atoms with E-state index in [4.69, 9.17) is 0 Å². The Morgan fingerprint density at radius 3 is 2.68 bits per heavy atom. The molecule has 31 heavy (non-hydrogen) atoms. The lowest BCUT2D eigenvalue weighted by Crippen LogP contribution is -2.41. The normalized spacial score (nSPS) is 20.2. The largest absolute Gasteiger partial charge is 0.419 e. The van der Waals surface area contributed by atoms with Crippen LogP contribution in [0.2, 0.25) is 0 Å². The van der Waals surface area contributed by atoms with Crippen LogP contribution in [-0.4, -0.2) is 46.5 Å². The molecule has 2 aromatic rings. The predicted octanol–water partition coefficient (Wildman–Crippen LogP) is 4.09. The van der Waals surface area contributed by atoms with Crippen molar-refractivity contribution in [2.75, 3.05) is 20.1 Å². The smallest absolute Gasteiger partial charge is 0.346 e. The molecule has 0 aliphatic carbocycles. The van der Waals surface area contributed by atoms with Crippen molar-refractivity contribution in [2.45, 2.75) is 25.6 Å². The number of rotatable bonds is 3. The number of halogens is 4. The molecule has 4 heterocycles. The summed E-state index contributed by atoms with van der Waals surface area (Å²) in [4.78, 5) is 9.69. The van der Waals surface area contributed by atoms with Crippen molar-refractivity contribution in [1.82, 2.24) is 25.4 Å².